The summed E-state index contributed by atoms with van der Waals surface area (Å²) in [5.41, 5.74) is 0.994. The minimum absolute atomic E-state index is 0.00754. The average molecular weight is 599 g/mol. The number of ether oxygens (including phenoxy) is 1. The molecular formula is C31H39IO2Si. The molecule has 0 saturated heterocycles. The van der Waals surface area contributed by atoms with Crippen molar-refractivity contribution in [2.75, 3.05) is 13.2 Å². The maximum absolute atomic E-state index is 7.02. The van der Waals surface area contributed by atoms with E-state index < -0.39 is 8.32 Å². The third-order valence-corrected chi connectivity index (χ3v) is 13.2. The monoisotopic (exact) mass is 598 g/mol. The predicted octanol–water partition coefficient (Wildman–Crippen LogP) is 7.31. The average Bonchev–Trinajstić information content (AvgIpc) is 2.85. The molecule has 0 atom stereocenters. The Hall–Kier alpha value is -1.73. The highest BCUT2D eigenvalue weighted by atomic mass is 127. The maximum atomic E-state index is 7.02. The van der Waals surface area contributed by atoms with Gasteiger partial charge in [0.05, 0.1) is 12.2 Å². The summed E-state index contributed by atoms with van der Waals surface area (Å²) in [6.07, 6.45) is 4.06. The maximum Gasteiger partial charge on any atom is 0.261 e. The molecule has 0 aromatic heterocycles. The summed E-state index contributed by atoms with van der Waals surface area (Å²) < 4.78 is 14.5. The van der Waals surface area contributed by atoms with E-state index in [1.165, 1.54) is 19.5 Å². The summed E-state index contributed by atoms with van der Waals surface area (Å²) >= 11 is 2.43. The Bertz CT molecular complexity index is 1020. The highest BCUT2D eigenvalue weighted by Crippen LogP contribution is 2.37. The molecule has 0 saturated carbocycles. The van der Waals surface area contributed by atoms with Gasteiger partial charge in [-0.3, -0.25) is 0 Å². The molecule has 0 N–H and O–H groups in total. The topological polar surface area (TPSA) is 18.5 Å². The van der Waals surface area contributed by atoms with Gasteiger partial charge in [0.15, 0.2) is 0 Å². The summed E-state index contributed by atoms with van der Waals surface area (Å²) in [6.45, 7) is 12.7. The molecule has 0 aliphatic heterocycles. The van der Waals surface area contributed by atoms with Gasteiger partial charge in [0.25, 0.3) is 8.32 Å². The minimum Gasteiger partial charge on any atom is -0.407 e. The van der Waals surface area contributed by atoms with Crippen LogP contribution in [0.15, 0.2) is 101 Å². The number of hydrogen-bond acceptors (Lipinski definition) is 2. The largest absolute Gasteiger partial charge is 0.407 e. The first kappa shape index (κ1) is 27.8. The fourth-order valence-corrected chi connectivity index (χ4v) is 9.59. The highest BCUT2D eigenvalue weighted by molar-refractivity contribution is 14.1. The number of halogens is 1. The van der Waals surface area contributed by atoms with E-state index in [-0.39, 0.29) is 10.6 Å². The smallest absolute Gasteiger partial charge is 0.261 e. The Morgan fingerprint density at radius 2 is 1.23 bits per heavy atom. The Kier molecular flexibility index (Phi) is 9.93. The lowest BCUT2D eigenvalue weighted by Crippen LogP contribution is -2.66. The SMILES string of the molecule is CC(C)(OCCc1ccccc1)/C(I)=C/CCO[Si](c1ccccc1)(c1ccccc1)C(C)(C)C. The van der Waals surface area contributed by atoms with Gasteiger partial charge in [0, 0.05) is 10.2 Å². The summed E-state index contributed by atoms with van der Waals surface area (Å²) in [6, 6.07) is 32.2. The van der Waals surface area contributed by atoms with Gasteiger partial charge in [0.2, 0.25) is 0 Å². The number of rotatable bonds is 11. The number of hydrogen-bond donors (Lipinski definition) is 0. The van der Waals surface area contributed by atoms with Crippen LogP contribution in [-0.4, -0.2) is 27.1 Å². The van der Waals surface area contributed by atoms with Crippen LogP contribution >= 0.6 is 22.6 Å². The molecule has 3 aromatic carbocycles. The molecule has 4 heteroatoms. The zero-order valence-corrected chi connectivity index (χ0v) is 24.9. The molecule has 0 aliphatic rings. The van der Waals surface area contributed by atoms with Gasteiger partial charge in [-0.2, -0.15) is 0 Å². The molecule has 186 valence electrons. The third kappa shape index (κ3) is 7.16. The summed E-state index contributed by atoms with van der Waals surface area (Å²) in [5.74, 6) is 0. The van der Waals surface area contributed by atoms with Crippen LogP contribution in [0, 0.1) is 0 Å². The second-order valence-electron chi connectivity index (χ2n) is 10.4. The fourth-order valence-electron chi connectivity index (χ4n) is 4.54. The lowest BCUT2D eigenvalue weighted by molar-refractivity contribution is 0.0200. The van der Waals surface area contributed by atoms with Gasteiger partial charge >= 0.3 is 0 Å². The fraction of sp³-hybridized carbons (Fsp3) is 0.355. The van der Waals surface area contributed by atoms with Crippen LogP contribution < -0.4 is 10.4 Å². The quantitative estimate of drug-likeness (QED) is 0.131. The van der Waals surface area contributed by atoms with E-state index in [1.54, 1.807) is 0 Å². The van der Waals surface area contributed by atoms with Crippen LogP contribution in [0.4, 0.5) is 0 Å². The van der Waals surface area contributed by atoms with E-state index in [0.29, 0.717) is 13.2 Å². The number of benzene rings is 3. The van der Waals surface area contributed by atoms with Crippen molar-refractivity contribution in [3.8, 4) is 0 Å². The zero-order valence-electron chi connectivity index (χ0n) is 21.8. The van der Waals surface area contributed by atoms with Crippen molar-refractivity contribution in [3.63, 3.8) is 0 Å². The van der Waals surface area contributed by atoms with Gasteiger partial charge < -0.3 is 9.16 Å². The van der Waals surface area contributed by atoms with Crippen molar-refractivity contribution in [2.24, 2.45) is 0 Å². The Morgan fingerprint density at radius 1 is 0.743 bits per heavy atom. The van der Waals surface area contributed by atoms with Gasteiger partial charge in [-0.15, -0.1) is 0 Å². The van der Waals surface area contributed by atoms with E-state index in [4.69, 9.17) is 9.16 Å². The standard InChI is InChI=1S/C31H39IO2Si/c1-30(2,3)35(27-18-11-7-12-19-27,28-20-13-8-14-21-28)34-24-15-22-29(32)31(4,5)33-25-23-26-16-9-6-10-17-26/h6-14,16-22H,15,23-25H2,1-5H3/b29-22-. The van der Waals surface area contributed by atoms with Gasteiger partial charge in [-0.25, -0.2) is 0 Å². The van der Waals surface area contributed by atoms with Gasteiger partial charge in [-0.05, 0) is 70.3 Å². The molecular weight excluding hydrogens is 559 g/mol. The predicted molar refractivity (Wildman–Crippen MR) is 160 cm³/mol. The molecule has 3 aromatic rings. The molecule has 0 unspecified atom stereocenters. The van der Waals surface area contributed by atoms with Crippen molar-refractivity contribution in [1.82, 2.24) is 0 Å². The Labute approximate surface area is 227 Å². The molecule has 0 bridgehead atoms. The summed E-state index contributed by atoms with van der Waals surface area (Å²) in [7, 11) is -2.49. The van der Waals surface area contributed by atoms with Crippen molar-refractivity contribution in [2.45, 2.75) is 58.1 Å². The van der Waals surface area contributed by atoms with Crippen LogP contribution in [0.3, 0.4) is 0 Å². The third-order valence-electron chi connectivity index (χ3n) is 6.45. The molecule has 0 radical (unpaired) electrons. The second-order valence-corrected chi connectivity index (χ2v) is 15.9. The second kappa shape index (κ2) is 12.5. The van der Waals surface area contributed by atoms with Gasteiger partial charge in [-0.1, -0.05) is 118 Å². The van der Waals surface area contributed by atoms with Crippen LogP contribution in [0.25, 0.3) is 0 Å². The lowest BCUT2D eigenvalue weighted by atomic mass is 10.1. The van der Waals surface area contributed by atoms with Crippen molar-refractivity contribution < 1.29 is 9.16 Å². The Balaban J connectivity index is 1.71. The summed E-state index contributed by atoms with van der Waals surface area (Å²) in [5, 5.41) is 2.63. The van der Waals surface area contributed by atoms with Gasteiger partial charge in [0.1, 0.15) is 0 Å². The van der Waals surface area contributed by atoms with E-state index in [2.05, 4.69) is 154 Å². The van der Waals surface area contributed by atoms with Crippen molar-refractivity contribution >= 4 is 41.3 Å². The lowest BCUT2D eigenvalue weighted by Gasteiger charge is -2.43. The first-order chi connectivity index (χ1) is 16.7. The first-order valence-corrected chi connectivity index (χ1v) is 15.4. The first-order valence-electron chi connectivity index (χ1n) is 12.5. The Morgan fingerprint density at radius 3 is 1.71 bits per heavy atom. The summed E-state index contributed by atoms with van der Waals surface area (Å²) in [4.78, 5) is 0. The van der Waals surface area contributed by atoms with Crippen LogP contribution in [-0.2, 0) is 15.6 Å². The van der Waals surface area contributed by atoms with E-state index in [0.717, 1.165) is 12.8 Å². The van der Waals surface area contributed by atoms with Crippen molar-refractivity contribution in [3.05, 3.63) is 106 Å². The molecule has 0 spiro atoms. The highest BCUT2D eigenvalue weighted by Gasteiger charge is 2.49. The normalized spacial score (nSPS) is 13.1. The van der Waals surface area contributed by atoms with Crippen molar-refractivity contribution in [1.29, 1.82) is 0 Å². The minimum atomic E-state index is -2.49. The van der Waals surface area contributed by atoms with Crippen LogP contribution in [0.5, 0.6) is 0 Å². The van der Waals surface area contributed by atoms with E-state index in [1.807, 2.05) is 0 Å². The molecule has 2 nitrogen and oxygen atoms in total. The molecule has 0 fully saturated rings. The molecule has 35 heavy (non-hydrogen) atoms. The van der Waals surface area contributed by atoms with E-state index >= 15 is 0 Å². The molecule has 0 aliphatic carbocycles. The molecule has 0 heterocycles. The zero-order chi connectivity index (χ0) is 25.4. The molecule has 3 rings (SSSR count). The molecule has 0 amide bonds. The van der Waals surface area contributed by atoms with E-state index in [9.17, 15) is 0 Å². The van der Waals surface area contributed by atoms with Crippen LogP contribution in [0.2, 0.25) is 5.04 Å². The van der Waals surface area contributed by atoms with Crippen LogP contribution in [0.1, 0.15) is 46.6 Å².